The Labute approximate surface area is 188 Å². The molecule has 3 N–H and O–H groups in total. The maximum atomic E-state index is 14.8. The summed E-state index contributed by atoms with van der Waals surface area (Å²) in [4.78, 5) is 18.1. The first-order valence-electron chi connectivity index (χ1n) is 10.9. The number of aromatic nitrogens is 2. The Balaban J connectivity index is 1.29. The lowest BCUT2D eigenvalue weighted by Crippen LogP contribution is -2.38. The van der Waals surface area contributed by atoms with E-state index in [1.807, 2.05) is 34.9 Å². The Hall–Kier alpha value is -2.81. The number of hydrogen-bond acceptors (Lipinski definition) is 5. The molecule has 0 unspecified atom stereocenters. The van der Waals surface area contributed by atoms with Crippen LogP contribution in [0, 0.1) is 5.82 Å². The molecule has 2 aliphatic rings. The van der Waals surface area contributed by atoms with E-state index in [9.17, 15) is 9.18 Å². The number of nitrogens with one attached hydrogen (secondary N) is 1. The summed E-state index contributed by atoms with van der Waals surface area (Å²) in [7, 11) is 0. The zero-order valence-electron chi connectivity index (χ0n) is 17.4. The number of thiazole rings is 1. The van der Waals surface area contributed by atoms with Crippen molar-refractivity contribution in [3.8, 4) is 11.3 Å². The molecule has 1 aliphatic heterocycles. The van der Waals surface area contributed by atoms with E-state index in [1.165, 1.54) is 17.4 Å². The van der Waals surface area contributed by atoms with E-state index in [0.717, 1.165) is 46.4 Å². The standard InChI is InChI=1S/C24H23FN4O2S/c25-18-12-15(24(26)7-8-24)2-3-17(18)19-13-29-20-4-1-14(11-21(20)32-23(29)28-19)22(30)27-16-5-9-31-10-6-16/h1-4,11-13,16H,5-10,26H2,(H,27,30). The summed E-state index contributed by atoms with van der Waals surface area (Å²) in [6, 6.07) is 11.0. The summed E-state index contributed by atoms with van der Waals surface area (Å²) < 4.78 is 23.1. The molecule has 2 fully saturated rings. The van der Waals surface area contributed by atoms with Gasteiger partial charge in [0, 0.05) is 42.1 Å². The second-order valence-electron chi connectivity index (χ2n) is 8.77. The molecule has 3 heterocycles. The van der Waals surface area contributed by atoms with Crippen LogP contribution < -0.4 is 11.1 Å². The summed E-state index contributed by atoms with van der Waals surface area (Å²) in [5.74, 6) is -0.373. The molecular formula is C24H23FN4O2S. The monoisotopic (exact) mass is 450 g/mol. The molecule has 32 heavy (non-hydrogen) atoms. The number of nitrogens with two attached hydrogens (primary N) is 1. The number of amides is 1. The van der Waals surface area contributed by atoms with Crippen molar-refractivity contribution < 1.29 is 13.9 Å². The van der Waals surface area contributed by atoms with Gasteiger partial charge in [0.05, 0.1) is 15.9 Å². The summed E-state index contributed by atoms with van der Waals surface area (Å²) in [6.45, 7) is 1.37. The number of benzene rings is 2. The molecule has 4 aromatic rings. The van der Waals surface area contributed by atoms with Crippen molar-refractivity contribution in [1.29, 1.82) is 0 Å². The van der Waals surface area contributed by atoms with Crippen LogP contribution in [0.2, 0.25) is 0 Å². The van der Waals surface area contributed by atoms with Gasteiger partial charge in [0.1, 0.15) is 5.82 Å². The van der Waals surface area contributed by atoms with Gasteiger partial charge in [-0.25, -0.2) is 9.37 Å². The number of fused-ring (bicyclic) bond motifs is 3. The fourth-order valence-corrected chi connectivity index (χ4v) is 5.39. The van der Waals surface area contributed by atoms with E-state index in [1.54, 1.807) is 6.07 Å². The molecule has 1 saturated heterocycles. The molecule has 1 amide bonds. The summed E-state index contributed by atoms with van der Waals surface area (Å²) in [5, 5.41) is 3.10. The van der Waals surface area contributed by atoms with E-state index >= 15 is 0 Å². The van der Waals surface area contributed by atoms with Gasteiger partial charge in [0.25, 0.3) is 5.91 Å². The molecule has 0 spiro atoms. The van der Waals surface area contributed by atoms with Crippen LogP contribution in [0.25, 0.3) is 26.4 Å². The maximum Gasteiger partial charge on any atom is 0.251 e. The highest BCUT2D eigenvalue weighted by molar-refractivity contribution is 7.23. The fourth-order valence-electron chi connectivity index (χ4n) is 4.34. The van der Waals surface area contributed by atoms with Crippen LogP contribution in [0.15, 0.2) is 42.6 Å². The fraction of sp³-hybridized carbons (Fsp3) is 0.333. The van der Waals surface area contributed by atoms with Gasteiger partial charge in [-0.3, -0.25) is 9.20 Å². The number of rotatable bonds is 4. The Morgan fingerprint density at radius 2 is 2.03 bits per heavy atom. The molecule has 164 valence electrons. The zero-order valence-corrected chi connectivity index (χ0v) is 18.3. The smallest absolute Gasteiger partial charge is 0.251 e. The minimum Gasteiger partial charge on any atom is -0.381 e. The third kappa shape index (κ3) is 3.39. The second-order valence-corrected chi connectivity index (χ2v) is 9.78. The zero-order chi connectivity index (χ0) is 21.9. The summed E-state index contributed by atoms with van der Waals surface area (Å²) in [6.07, 6.45) is 5.32. The number of carbonyl (C=O) groups is 1. The first kappa shape index (κ1) is 19.8. The lowest BCUT2D eigenvalue weighted by Gasteiger charge is -2.23. The molecular weight excluding hydrogens is 427 g/mol. The van der Waals surface area contributed by atoms with Crippen molar-refractivity contribution in [3.63, 3.8) is 0 Å². The Morgan fingerprint density at radius 1 is 1.22 bits per heavy atom. The SMILES string of the molecule is NC1(c2ccc(-c3cn4c(n3)sc3cc(C(=O)NC5CCOCC5)ccc34)c(F)c2)CC1. The van der Waals surface area contributed by atoms with Crippen LogP contribution >= 0.6 is 11.3 Å². The van der Waals surface area contributed by atoms with Gasteiger partial charge in [0.15, 0.2) is 4.96 Å². The third-order valence-corrected chi connectivity index (χ3v) is 7.54. The maximum absolute atomic E-state index is 14.8. The quantitative estimate of drug-likeness (QED) is 0.488. The minimum atomic E-state index is -0.362. The van der Waals surface area contributed by atoms with Crippen molar-refractivity contribution in [3.05, 3.63) is 59.5 Å². The van der Waals surface area contributed by atoms with E-state index in [0.29, 0.717) is 30.0 Å². The molecule has 2 aromatic heterocycles. The number of carbonyl (C=O) groups excluding carboxylic acids is 1. The van der Waals surface area contributed by atoms with Gasteiger partial charge in [-0.05, 0) is 61.6 Å². The summed E-state index contributed by atoms with van der Waals surface area (Å²) in [5.41, 5.74) is 9.31. The van der Waals surface area contributed by atoms with Crippen LogP contribution in [0.5, 0.6) is 0 Å². The molecule has 1 saturated carbocycles. The largest absolute Gasteiger partial charge is 0.381 e. The number of ether oxygens (including phenoxy) is 1. The van der Waals surface area contributed by atoms with E-state index in [4.69, 9.17) is 10.5 Å². The van der Waals surface area contributed by atoms with Crippen LogP contribution in [0.4, 0.5) is 4.39 Å². The second kappa shape index (κ2) is 7.37. The highest BCUT2D eigenvalue weighted by Crippen LogP contribution is 2.43. The van der Waals surface area contributed by atoms with E-state index in [-0.39, 0.29) is 23.3 Å². The molecule has 0 bridgehead atoms. The molecule has 2 aromatic carbocycles. The number of nitrogens with zero attached hydrogens (tertiary/aromatic N) is 2. The van der Waals surface area contributed by atoms with Gasteiger partial charge >= 0.3 is 0 Å². The Bertz CT molecular complexity index is 1350. The van der Waals surface area contributed by atoms with Crippen LogP contribution in [0.1, 0.15) is 41.6 Å². The van der Waals surface area contributed by atoms with Crippen molar-refractivity contribution in [1.82, 2.24) is 14.7 Å². The number of halogens is 1. The predicted octanol–water partition coefficient (Wildman–Crippen LogP) is 4.21. The van der Waals surface area contributed by atoms with Crippen molar-refractivity contribution in [2.45, 2.75) is 37.3 Å². The molecule has 0 atom stereocenters. The number of hydrogen-bond donors (Lipinski definition) is 2. The van der Waals surface area contributed by atoms with E-state index in [2.05, 4.69) is 10.3 Å². The van der Waals surface area contributed by atoms with Crippen molar-refractivity contribution >= 4 is 32.4 Å². The first-order valence-corrected chi connectivity index (χ1v) is 11.7. The predicted molar refractivity (Wildman–Crippen MR) is 122 cm³/mol. The molecule has 8 heteroatoms. The molecule has 1 aliphatic carbocycles. The Kier molecular flexibility index (Phi) is 4.57. The van der Waals surface area contributed by atoms with Crippen LogP contribution in [0.3, 0.4) is 0 Å². The topological polar surface area (TPSA) is 81.7 Å². The lowest BCUT2D eigenvalue weighted by atomic mass is 10.0. The Morgan fingerprint density at radius 3 is 2.78 bits per heavy atom. The normalized spacial score (nSPS) is 18.3. The van der Waals surface area contributed by atoms with Crippen LogP contribution in [-0.4, -0.2) is 34.5 Å². The van der Waals surface area contributed by atoms with Crippen LogP contribution in [-0.2, 0) is 10.3 Å². The van der Waals surface area contributed by atoms with Gasteiger partial charge in [0.2, 0.25) is 0 Å². The van der Waals surface area contributed by atoms with Gasteiger partial charge in [-0.1, -0.05) is 17.4 Å². The summed E-state index contributed by atoms with van der Waals surface area (Å²) >= 11 is 1.49. The van der Waals surface area contributed by atoms with Gasteiger partial charge < -0.3 is 15.8 Å². The molecule has 6 rings (SSSR count). The van der Waals surface area contributed by atoms with Gasteiger partial charge in [-0.15, -0.1) is 0 Å². The van der Waals surface area contributed by atoms with Crippen molar-refractivity contribution in [2.24, 2.45) is 5.73 Å². The molecule has 6 nitrogen and oxygen atoms in total. The van der Waals surface area contributed by atoms with Gasteiger partial charge in [-0.2, -0.15) is 0 Å². The highest BCUT2D eigenvalue weighted by atomic mass is 32.1. The average Bonchev–Trinajstić information content (AvgIpc) is 3.27. The first-order chi connectivity index (χ1) is 15.5. The van der Waals surface area contributed by atoms with E-state index < -0.39 is 0 Å². The third-order valence-electron chi connectivity index (χ3n) is 6.52. The average molecular weight is 451 g/mol. The minimum absolute atomic E-state index is 0.0685. The number of imidazole rings is 1. The highest BCUT2D eigenvalue weighted by Gasteiger charge is 2.40. The molecule has 0 radical (unpaired) electrons. The lowest BCUT2D eigenvalue weighted by molar-refractivity contribution is 0.0696. The van der Waals surface area contributed by atoms with Crippen molar-refractivity contribution in [2.75, 3.05) is 13.2 Å².